The van der Waals surface area contributed by atoms with Gasteiger partial charge < -0.3 is 10.2 Å². The second kappa shape index (κ2) is 8.67. The Kier molecular flexibility index (Phi) is 5.81. The van der Waals surface area contributed by atoms with E-state index < -0.39 is 4.92 Å². The van der Waals surface area contributed by atoms with E-state index >= 15 is 0 Å². The summed E-state index contributed by atoms with van der Waals surface area (Å²) in [4.78, 5) is 30.6. The van der Waals surface area contributed by atoms with Gasteiger partial charge in [-0.15, -0.1) is 0 Å². The Labute approximate surface area is 179 Å². The average molecular weight is 425 g/mol. The summed E-state index contributed by atoms with van der Waals surface area (Å²) in [6.07, 6.45) is 6.28. The second-order valence-electron chi connectivity index (χ2n) is 7.35. The van der Waals surface area contributed by atoms with Gasteiger partial charge in [-0.05, 0) is 25.0 Å². The number of hydrogen-bond acceptors (Lipinski definition) is 5. The van der Waals surface area contributed by atoms with Crippen LogP contribution in [0.4, 0.5) is 11.4 Å². The molecule has 0 aliphatic carbocycles. The Balaban J connectivity index is 1.88. The summed E-state index contributed by atoms with van der Waals surface area (Å²) in [5.74, 6) is -0.351. The van der Waals surface area contributed by atoms with E-state index in [4.69, 9.17) is 11.6 Å². The van der Waals surface area contributed by atoms with Crippen LogP contribution in [0.2, 0.25) is 5.02 Å². The largest absolute Gasteiger partial charge is 0.375 e. The maximum atomic E-state index is 12.9. The first-order chi connectivity index (χ1) is 14.5. The number of hydrogen-bond donors (Lipinski definition) is 1. The first kappa shape index (κ1) is 20.1. The number of aliphatic imine (C=N–C) groups is 1. The lowest BCUT2D eigenvalue weighted by Crippen LogP contribution is -2.21. The van der Waals surface area contributed by atoms with Crippen LogP contribution in [0.15, 0.2) is 59.4 Å². The summed E-state index contributed by atoms with van der Waals surface area (Å²) in [6, 6.07) is 11.5. The van der Waals surface area contributed by atoms with Crippen LogP contribution in [0.5, 0.6) is 0 Å². The molecular weight excluding hydrogens is 404 g/mol. The normalized spacial score (nSPS) is 18.2. The third-order valence-electron chi connectivity index (χ3n) is 5.26. The van der Waals surface area contributed by atoms with Crippen molar-refractivity contribution < 1.29 is 9.72 Å². The minimum atomic E-state index is -0.467. The maximum absolute atomic E-state index is 12.9. The zero-order chi connectivity index (χ0) is 21.1. The van der Waals surface area contributed by atoms with Gasteiger partial charge >= 0.3 is 0 Å². The number of benzene rings is 2. The Bertz CT molecular complexity index is 1060. The summed E-state index contributed by atoms with van der Waals surface area (Å²) < 4.78 is 0. The van der Waals surface area contributed by atoms with Gasteiger partial charge in [0.05, 0.1) is 16.3 Å². The molecule has 1 N–H and O–H groups in total. The monoisotopic (exact) mass is 424 g/mol. The highest BCUT2D eigenvalue weighted by molar-refractivity contribution is 6.36. The number of halogens is 1. The molecular formula is C22H21ClN4O3. The molecule has 2 aliphatic rings. The van der Waals surface area contributed by atoms with E-state index in [1.807, 2.05) is 6.07 Å². The lowest BCUT2D eigenvalue weighted by atomic mass is 10.00. The van der Waals surface area contributed by atoms with Crippen molar-refractivity contribution >= 4 is 34.6 Å². The molecule has 8 heteroatoms. The lowest BCUT2D eigenvalue weighted by Gasteiger charge is -2.18. The molecule has 0 saturated carbocycles. The first-order valence-corrected chi connectivity index (χ1v) is 10.3. The number of benzodiazepines with no additional fused rings is 1. The number of fused-ring (bicyclic) bond motifs is 1. The van der Waals surface area contributed by atoms with Crippen LogP contribution in [-0.4, -0.2) is 34.5 Å². The number of amides is 1. The Morgan fingerprint density at radius 2 is 1.80 bits per heavy atom. The SMILES string of the molecule is O=C1Nc2ccc([N+](=O)[O-])cc2C(c2ccccc2Cl)=NC1=CN1CCCCCC1. The Hall–Kier alpha value is -3.19. The van der Waals surface area contributed by atoms with E-state index in [0.717, 1.165) is 25.9 Å². The molecule has 0 spiro atoms. The molecule has 2 aromatic rings. The number of carbonyl (C=O) groups is 1. The highest BCUT2D eigenvalue weighted by atomic mass is 35.5. The predicted molar refractivity (Wildman–Crippen MR) is 117 cm³/mol. The van der Waals surface area contributed by atoms with Crippen molar-refractivity contribution in [2.75, 3.05) is 18.4 Å². The van der Waals surface area contributed by atoms with E-state index in [1.165, 1.54) is 31.0 Å². The van der Waals surface area contributed by atoms with Crippen LogP contribution in [0.1, 0.15) is 36.8 Å². The first-order valence-electron chi connectivity index (χ1n) is 9.92. The van der Waals surface area contributed by atoms with Gasteiger partial charge in [0.25, 0.3) is 11.6 Å². The molecule has 0 radical (unpaired) electrons. The standard InChI is InChI=1S/C22H21ClN4O3/c23-18-8-4-3-7-16(18)21-17-13-15(27(29)30)9-10-19(17)25-22(28)20(24-21)14-26-11-5-1-2-6-12-26/h3-4,7-10,13-14H,1-2,5-6,11-12H2,(H,25,28). The molecule has 1 saturated heterocycles. The molecule has 4 rings (SSSR count). The van der Waals surface area contributed by atoms with Crippen molar-refractivity contribution in [2.24, 2.45) is 4.99 Å². The van der Waals surface area contributed by atoms with Gasteiger partial charge in [-0.3, -0.25) is 14.9 Å². The number of rotatable bonds is 3. The summed E-state index contributed by atoms with van der Waals surface area (Å²) in [5.41, 5.74) is 2.14. The molecule has 154 valence electrons. The fourth-order valence-corrected chi connectivity index (χ4v) is 3.94. The van der Waals surface area contributed by atoms with Gasteiger partial charge in [-0.25, -0.2) is 4.99 Å². The number of likely N-dealkylation sites (tertiary alicyclic amines) is 1. The van der Waals surface area contributed by atoms with Crippen LogP contribution in [0.3, 0.4) is 0 Å². The highest BCUT2D eigenvalue weighted by Gasteiger charge is 2.25. The Morgan fingerprint density at radius 1 is 1.07 bits per heavy atom. The average Bonchev–Trinajstić information content (AvgIpc) is 3.06. The molecule has 2 heterocycles. The minimum absolute atomic E-state index is 0.0808. The van der Waals surface area contributed by atoms with Crippen molar-refractivity contribution in [3.63, 3.8) is 0 Å². The molecule has 2 aromatic carbocycles. The molecule has 0 aromatic heterocycles. The summed E-state index contributed by atoms with van der Waals surface area (Å²) in [6.45, 7) is 1.73. The van der Waals surface area contributed by atoms with E-state index in [-0.39, 0.29) is 17.3 Å². The number of non-ortho nitro benzene ring substituents is 1. The van der Waals surface area contributed by atoms with Gasteiger partial charge in [-0.1, -0.05) is 42.6 Å². The summed E-state index contributed by atoms with van der Waals surface area (Å²) >= 11 is 6.43. The number of nitrogens with one attached hydrogen (secondary N) is 1. The molecule has 0 atom stereocenters. The smallest absolute Gasteiger partial charge is 0.275 e. The van der Waals surface area contributed by atoms with Crippen molar-refractivity contribution in [1.82, 2.24) is 4.90 Å². The van der Waals surface area contributed by atoms with Gasteiger partial charge in [0.2, 0.25) is 0 Å². The number of nitrogens with zero attached hydrogens (tertiary/aromatic N) is 3. The van der Waals surface area contributed by atoms with Crippen LogP contribution in [0, 0.1) is 10.1 Å². The number of nitro groups is 1. The molecule has 1 fully saturated rings. The van der Waals surface area contributed by atoms with Gasteiger partial charge in [0.15, 0.2) is 0 Å². The molecule has 0 unspecified atom stereocenters. The number of nitro benzene ring substituents is 1. The third kappa shape index (κ3) is 4.21. The highest BCUT2D eigenvalue weighted by Crippen LogP contribution is 2.31. The molecule has 2 aliphatic heterocycles. The fourth-order valence-electron chi connectivity index (χ4n) is 3.71. The van der Waals surface area contributed by atoms with Gasteiger partial charge in [0.1, 0.15) is 5.70 Å². The molecule has 7 nitrogen and oxygen atoms in total. The molecule has 0 bridgehead atoms. The lowest BCUT2D eigenvalue weighted by molar-refractivity contribution is -0.384. The fraction of sp³-hybridized carbons (Fsp3) is 0.273. The number of carbonyl (C=O) groups excluding carboxylic acids is 1. The van der Waals surface area contributed by atoms with Crippen LogP contribution >= 0.6 is 11.6 Å². The van der Waals surface area contributed by atoms with E-state index in [9.17, 15) is 14.9 Å². The predicted octanol–water partition coefficient (Wildman–Crippen LogP) is 4.76. The quantitative estimate of drug-likeness (QED) is 0.437. The van der Waals surface area contributed by atoms with E-state index in [2.05, 4.69) is 15.2 Å². The van der Waals surface area contributed by atoms with Crippen LogP contribution in [-0.2, 0) is 4.79 Å². The maximum Gasteiger partial charge on any atom is 0.275 e. The third-order valence-corrected chi connectivity index (χ3v) is 5.59. The van der Waals surface area contributed by atoms with Crippen molar-refractivity contribution in [3.05, 3.63) is 80.6 Å². The van der Waals surface area contributed by atoms with Crippen LogP contribution < -0.4 is 5.32 Å². The topological polar surface area (TPSA) is 87.8 Å². The molecule has 1 amide bonds. The summed E-state index contributed by atoms with van der Waals surface area (Å²) in [5, 5.41) is 14.6. The zero-order valence-electron chi connectivity index (χ0n) is 16.3. The van der Waals surface area contributed by atoms with Crippen LogP contribution in [0.25, 0.3) is 0 Å². The van der Waals surface area contributed by atoms with Crippen molar-refractivity contribution in [1.29, 1.82) is 0 Å². The second-order valence-corrected chi connectivity index (χ2v) is 7.75. The van der Waals surface area contributed by atoms with Crippen molar-refractivity contribution in [3.8, 4) is 0 Å². The molecule has 30 heavy (non-hydrogen) atoms. The van der Waals surface area contributed by atoms with E-state index in [1.54, 1.807) is 24.4 Å². The van der Waals surface area contributed by atoms with Gasteiger partial charge in [-0.2, -0.15) is 0 Å². The Morgan fingerprint density at radius 3 is 2.50 bits per heavy atom. The van der Waals surface area contributed by atoms with Gasteiger partial charge in [0, 0.05) is 47.6 Å². The summed E-state index contributed by atoms with van der Waals surface area (Å²) in [7, 11) is 0. The van der Waals surface area contributed by atoms with E-state index in [0.29, 0.717) is 27.5 Å². The zero-order valence-corrected chi connectivity index (χ0v) is 17.1. The van der Waals surface area contributed by atoms with Crippen molar-refractivity contribution in [2.45, 2.75) is 25.7 Å². The minimum Gasteiger partial charge on any atom is -0.375 e. The number of anilines is 1.